The van der Waals surface area contributed by atoms with Crippen LogP contribution in [-0.4, -0.2) is 17.9 Å². The lowest BCUT2D eigenvalue weighted by molar-refractivity contribution is -0.145. The summed E-state index contributed by atoms with van der Waals surface area (Å²) in [4.78, 5) is 24.6. The highest BCUT2D eigenvalue weighted by Gasteiger charge is 2.47. The van der Waals surface area contributed by atoms with E-state index >= 15 is 0 Å². The average molecular weight is 316 g/mol. The minimum absolute atomic E-state index is 0.0791. The molecule has 3 heteroatoms. The van der Waals surface area contributed by atoms with Crippen molar-refractivity contribution in [1.82, 2.24) is 0 Å². The number of hydrogen-bond donors (Lipinski definition) is 0. The molecule has 2 aliphatic rings. The molecule has 0 amide bonds. The summed E-state index contributed by atoms with van der Waals surface area (Å²) in [5.74, 6) is 0.264. The summed E-state index contributed by atoms with van der Waals surface area (Å²) in [6, 6.07) is 0. The molecule has 23 heavy (non-hydrogen) atoms. The molecule has 0 radical (unpaired) electrons. The molecule has 0 spiro atoms. The number of ketones is 1. The van der Waals surface area contributed by atoms with E-state index < -0.39 is 0 Å². The number of esters is 1. The van der Waals surface area contributed by atoms with Gasteiger partial charge in [-0.1, -0.05) is 25.5 Å². The first-order valence-corrected chi connectivity index (χ1v) is 8.47. The standard InChI is InChI=1S/C20H28O3/c1-7-13(4)19(22)23-18-9-8-14(5)20(6)11-15(12(2)3)17(21)10-16(18)20/h7,10,14,18H,8-9,11H2,1-6H3/b13-7-/t14-,18+,20+/m0/s1. The van der Waals surface area contributed by atoms with Gasteiger partial charge < -0.3 is 4.74 Å². The Hall–Kier alpha value is -1.64. The van der Waals surface area contributed by atoms with E-state index in [1.54, 1.807) is 19.1 Å². The number of hydrogen-bond acceptors (Lipinski definition) is 3. The quantitative estimate of drug-likeness (QED) is 0.555. The molecule has 0 N–H and O–H groups in total. The third-order valence-corrected chi connectivity index (χ3v) is 5.69. The van der Waals surface area contributed by atoms with Crippen LogP contribution in [-0.2, 0) is 14.3 Å². The maximum Gasteiger partial charge on any atom is 0.333 e. The van der Waals surface area contributed by atoms with Crippen LogP contribution in [0.25, 0.3) is 0 Å². The normalized spacial score (nSPS) is 31.4. The summed E-state index contributed by atoms with van der Waals surface area (Å²) in [6.07, 6.45) is 5.77. The molecule has 0 unspecified atom stereocenters. The molecule has 0 heterocycles. The summed E-state index contributed by atoms with van der Waals surface area (Å²) < 4.78 is 5.73. The molecule has 0 aromatic heterocycles. The topological polar surface area (TPSA) is 43.4 Å². The molecule has 0 aromatic rings. The van der Waals surface area contributed by atoms with Gasteiger partial charge >= 0.3 is 5.97 Å². The summed E-state index contributed by atoms with van der Waals surface area (Å²) in [5.41, 5.74) is 3.51. The Balaban J connectivity index is 2.39. The van der Waals surface area contributed by atoms with E-state index in [2.05, 4.69) is 13.8 Å². The number of carbonyl (C=O) groups excluding carboxylic acids is 2. The van der Waals surface area contributed by atoms with E-state index in [9.17, 15) is 9.59 Å². The van der Waals surface area contributed by atoms with Gasteiger partial charge in [0.25, 0.3) is 0 Å². The van der Waals surface area contributed by atoms with E-state index in [1.807, 2.05) is 20.8 Å². The molecule has 0 aromatic carbocycles. The van der Waals surface area contributed by atoms with Crippen LogP contribution in [0.1, 0.15) is 60.8 Å². The van der Waals surface area contributed by atoms with Crippen LogP contribution in [0.15, 0.2) is 34.4 Å². The minimum atomic E-state index is -0.282. The second-order valence-electron chi connectivity index (χ2n) is 7.38. The van der Waals surface area contributed by atoms with Gasteiger partial charge in [-0.3, -0.25) is 4.79 Å². The van der Waals surface area contributed by atoms with Crippen molar-refractivity contribution in [2.75, 3.05) is 0 Å². The average Bonchev–Trinajstić information content (AvgIpc) is 2.50. The van der Waals surface area contributed by atoms with E-state index in [0.29, 0.717) is 11.5 Å². The van der Waals surface area contributed by atoms with Crippen molar-refractivity contribution in [3.8, 4) is 0 Å². The molecule has 3 atom stereocenters. The van der Waals surface area contributed by atoms with E-state index in [-0.39, 0.29) is 23.3 Å². The summed E-state index contributed by atoms with van der Waals surface area (Å²) in [7, 11) is 0. The zero-order valence-corrected chi connectivity index (χ0v) is 15.2. The second kappa shape index (κ2) is 6.46. The maximum absolute atomic E-state index is 12.5. The van der Waals surface area contributed by atoms with Crippen LogP contribution < -0.4 is 0 Å². The number of fused-ring (bicyclic) bond motifs is 1. The summed E-state index contributed by atoms with van der Waals surface area (Å²) >= 11 is 0. The number of ether oxygens (including phenoxy) is 1. The Morgan fingerprint density at radius 2 is 1.96 bits per heavy atom. The molecular formula is C20H28O3. The SMILES string of the molecule is C/C=C(/C)C(=O)O[C@@H]1CC[C@H](C)[C@@]2(C)CC(=C(C)C)C(=O)C=C12. The molecule has 1 fully saturated rings. The van der Waals surface area contributed by atoms with E-state index in [0.717, 1.165) is 36.0 Å². The van der Waals surface area contributed by atoms with Crippen molar-refractivity contribution >= 4 is 11.8 Å². The molecule has 0 bridgehead atoms. The number of carbonyl (C=O) groups is 2. The van der Waals surface area contributed by atoms with Gasteiger partial charge in [0, 0.05) is 5.57 Å². The van der Waals surface area contributed by atoms with Crippen molar-refractivity contribution in [3.05, 3.63) is 34.4 Å². The monoisotopic (exact) mass is 316 g/mol. The van der Waals surface area contributed by atoms with Crippen molar-refractivity contribution in [2.45, 2.75) is 66.9 Å². The molecule has 0 saturated heterocycles. The van der Waals surface area contributed by atoms with Gasteiger partial charge in [0.05, 0.1) is 0 Å². The Morgan fingerprint density at radius 1 is 1.30 bits per heavy atom. The van der Waals surface area contributed by atoms with Gasteiger partial charge in [-0.2, -0.15) is 0 Å². The fraction of sp³-hybridized carbons (Fsp3) is 0.600. The maximum atomic E-state index is 12.5. The van der Waals surface area contributed by atoms with Crippen LogP contribution in [0, 0.1) is 11.3 Å². The second-order valence-corrected chi connectivity index (χ2v) is 7.38. The molecule has 3 nitrogen and oxygen atoms in total. The fourth-order valence-corrected chi connectivity index (χ4v) is 3.63. The Bertz CT molecular complexity index is 617. The van der Waals surface area contributed by atoms with Gasteiger partial charge in [-0.15, -0.1) is 0 Å². The first-order valence-electron chi connectivity index (χ1n) is 8.47. The van der Waals surface area contributed by atoms with E-state index in [4.69, 9.17) is 4.74 Å². The lowest BCUT2D eigenvalue weighted by Gasteiger charge is -2.47. The molecule has 0 aliphatic heterocycles. The van der Waals surface area contributed by atoms with Crippen LogP contribution in [0.4, 0.5) is 0 Å². The molecule has 2 rings (SSSR count). The third kappa shape index (κ3) is 3.19. The van der Waals surface area contributed by atoms with Gasteiger partial charge in [-0.05, 0) is 75.5 Å². The van der Waals surface area contributed by atoms with Crippen LogP contribution in [0.3, 0.4) is 0 Å². The van der Waals surface area contributed by atoms with Crippen LogP contribution in [0.2, 0.25) is 0 Å². The van der Waals surface area contributed by atoms with Gasteiger partial charge in [0.1, 0.15) is 6.10 Å². The summed E-state index contributed by atoms with van der Waals surface area (Å²) in [5, 5.41) is 0. The zero-order valence-electron chi connectivity index (χ0n) is 15.2. The Labute approximate surface area is 139 Å². The Kier molecular flexibility index (Phi) is 4.98. The third-order valence-electron chi connectivity index (χ3n) is 5.69. The molecule has 126 valence electrons. The van der Waals surface area contributed by atoms with Crippen molar-refractivity contribution in [1.29, 1.82) is 0 Å². The van der Waals surface area contributed by atoms with Crippen molar-refractivity contribution in [2.24, 2.45) is 11.3 Å². The lowest BCUT2D eigenvalue weighted by atomic mass is 9.58. The highest BCUT2D eigenvalue weighted by molar-refractivity contribution is 6.06. The van der Waals surface area contributed by atoms with Gasteiger partial charge in [0.2, 0.25) is 0 Å². The summed E-state index contributed by atoms with van der Waals surface area (Å²) in [6.45, 7) is 12.0. The van der Waals surface area contributed by atoms with Crippen molar-refractivity contribution in [3.63, 3.8) is 0 Å². The highest BCUT2D eigenvalue weighted by atomic mass is 16.5. The lowest BCUT2D eigenvalue weighted by Crippen LogP contribution is -2.43. The number of rotatable bonds is 2. The first-order chi connectivity index (χ1) is 10.7. The predicted molar refractivity (Wildman–Crippen MR) is 91.9 cm³/mol. The van der Waals surface area contributed by atoms with Crippen LogP contribution >= 0.6 is 0 Å². The van der Waals surface area contributed by atoms with Gasteiger partial charge in [-0.25, -0.2) is 4.79 Å². The smallest absolute Gasteiger partial charge is 0.333 e. The van der Waals surface area contributed by atoms with Crippen molar-refractivity contribution < 1.29 is 14.3 Å². The van der Waals surface area contributed by atoms with E-state index in [1.165, 1.54) is 0 Å². The first kappa shape index (κ1) is 17.7. The number of allylic oxidation sites excluding steroid dienone is 4. The van der Waals surface area contributed by atoms with Gasteiger partial charge in [0.15, 0.2) is 5.78 Å². The predicted octanol–water partition coefficient (Wildman–Crippen LogP) is 4.54. The zero-order chi connectivity index (χ0) is 17.4. The molecular weight excluding hydrogens is 288 g/mol. The fourth-order valence-electron chi connectivity index (χ4n) is 3.63. The molecule has 1 saturated carbocycles. The largest absolute Gasteiger partial charge is 0.454 e. The Morgan fingerprint density at radius 3 is 2.52 bits per heavy atom. The van der Waals surface area contributed by atoms with Crippen LogP contribution in [0.5, 0.6) is 0 Å². The molecule has 2 aliphatic carbocycles. The minimum Gasteiger partial charge on any atom is -0.454 e. The highest BCUT2D eigenvalue weighted by Crippen LogP contribution is 2.52.